The van der Waals surface area contributed by atoms with Crippen molar-refractivity contribution in [3.63, 3.8) is 0 Å². The number of hydrogen-bond acceptors (Lipinski definition) is 4. The van der Waals surface area contributed by atoms with E-state index in [1.807, 2.05) is 26.2 Å². The highest BCUT2D eigenvalue weighted by Gasteiger charge is 2.15. The average Bonchev–Trinajstić information content (AvgIpc) is 2.63. The van der Waals surface area contributed by atoms with Crippen LogP contribution in [0.1, 0.15) is 21.6 Å². The fourth-order valence-corrected chi connectivity index (χ4v) is 2.86. The Bertz CT molecular complexity index is 991. The van der Waals surface area contributed by atoms with Crippen LogP contribution in [-0.4, -0.2) is 34.7 Å². The van der Waals surface area contributed by atoms with Gasteiger partial charge in [-0.2, -0.15) is 5.10 Å². The predicted octanol–water partition coefficient (Wildman–Crippen LogP) is 1.93. The van der Waals surface area contributed by atoms with E-state index in [1.54, 1.807) is 31.3 Å². The van der Waals surface area contributed by atoms with Crippen molar-refractivity contribution in [2.75, 3.05) is 14.1 Å². The summed E-state index contributed by atoms with van der Waals surface area (Å²) >= 11 is 0. The summed E-state index contributed by atoms with van der Waals surface area (Å²) < 4.78 is 1.20. The van der Waals surface area contributed by atoms with Gasteiger partial charge in [0.1, 0.15) is 0 Å². The smallest absolute Gasteiger partial charge is 0.274 e. The van der Waals surface area contributed by atoms with Gasteiger partial charge in [0.05, 0.1) is 5.39 Å². The maximum atomic E-state index is 12.6. The number of aryl methyl sites for hydroxylation is 1. The van der Waals surface area contributed by atoms with E-state index in [4.69, 9.17) is 0 Å². The summed E-state index contributed by atoms with van der Waals surface area (Å²) in [5, 5.41) is 8.09. The maximum Gasteiger partial charge on any atom is 0.274 e. The topological polar surface area (TPSA) is 67.2 Å². The Morgan fingerprint density at radius 3 is 2.31 bits per heavy atom. The molecule has 0 aliphatic rings. The number of aromatic nitrogens is 2. The molecule has 134 valence electrons. The Morgan fingerprint density at radius 1 is 1.04 bits per heavy atom. The molecule has 1 N–H and O–H groups in total. The molecule has 26 heavy (non-hydrogen) atoms. The molecular weight excluding hydrogens is 328 g/mol. The van der Waals surface area contributed by atoms with Gasteiger partial charge in [0.25, 0.3) is 11.5 Å². The van der Waals surface area contributed by atoms with Gasteiger partial charge in [0.15, 0.2) is 5.69 Å². The predicted molar refractivity (Wildman–Crippen MR) is 102 cm³/mol. The van der Waals surface area contributed by atoms with E-state index in [-0.39, 0.29) is 17.2 Å². The van der Waals surface area contributed by atoms with Crippen molar-refractivity contribution >= 4 is 16.7 Å². The van der Waals surface area contributed by atoms with Crippen molar-refractivity contribution < 1.29 is 4.79 Å². The summed E-state index contributed by atoms with van der Waals surface area (Å²) in [4.78, 5) is 26.9. The highest BCUT2D eigenvalue weighted by atomic mass is 16.2. The lowest BCUT2D eigenvalue weighted by Gasteiger charge is -2.11. The molecular formula is C20H22N4O2. The molecule has 0 fully saturated rings. The van der Waals surface area contributed by atoms with Crippen LogP contribution >= 0.6 is 0 Å². The summed E-state index contributed by atoms with van der Waals surface area (Å²) in [6.07, 6.45) is 0. The molecule has 6 heteroatoms. The van der Waals surface area contributed by atoms with Gasteiger partial charge in [0.2, 0.25) is 0 Å². The first kappa shape index (κ1) is 17.8. The Morgan fingerprint density at radius 2 is 1.65 bits per heavy atom. The summed E-state index contributed by atoms with van der Waals surface area (Å²) in [5.41, 5.74) is 2.27. The molecule has 0 saturated carbocycles. The molecule has 2 aromatic carbocycles. The SMILES string of the molecule is CN(C)Cc1ccc(CNC(=O)c2nn(C)c(=O)c3ccccc23)cc1. The van der Waals surface area contributed by atoms with E-state index in [2.05, 4.69) is 27.4 Å². The van der Waals surface area contributed by atoms with Gasteiger partial charge in [-0.3, -0.25) is 9.59 Å². The number of hydrogen-bond donors (Lipinski definition) is 1. The first-order chi connectivity index (χ1) is 12.5. The molecule has 1 amide bonds. The van der Waals surface area contributed by atoms with E-state index >= 15 is 0 Å². The van der Waals surface area contributed by atoms with Crippen molar-refractivity contribution in [2.24, 2.45) is 7.05 Å². The molecule has 1 aromatic heterocycles. The standard InChI is InChI=1S/C20H22N4O2/c1-23(2)13-15-10-8-14(9-11-15)12-21-19(25)18-16-6-4-5-7-17(16)20(26)24(3)22-18/h4-11H,12-13H2,1-3H3,(H,21,25). The molecule has 3 aromatic rings. The molecule has 0 spiro atoms. The average molecular weight is 350 g/mol. The molecule has 0 saturated heterocycles. The monoisotopic (exact) mass is 350 g/mol. The lowest BCUT2D eigenvalue weighted by molar-refractivity contribution is 0.0945. The van der Waals surface area contributed by atoms with Crippen molar-refractivity contribution in [2.45, 2.75) is 13.1 Å². The molecule has 0 radical (unpaired) electrons. The molecule has 3 rings (SSSR count). The zero-order valence-corrected chi connectivity index (χ0v) is 15.2. The van der Waals surface area contributed by atoms with Crippen LogP contribution in [0.2, 0.25) is 0 Å². The van der Waals surface area contributed by atoms with Crippen LogP contribution < -0.4 is 10.9 Å². The number of rotatable bonds is 5. The number of amides is 1. The number of nitrogens with zero attached hydrogens (tertiary/aromatic N) is 3. The van der Waals surface area contributed by atoms with E-state index in [0.717, 1.165) is 12.1 Å². The number of carbonyl (C=O) groups is 1. The lowest BCUT2D eigenvalue weighted by atomic mass is 10.1. The molecule has 0 aliphatic carbocycles. The largest absolute Gasteiger partial charge is 0.347 e. The number of carbonyl (C=O) groups excluding carboxylic acids is 1. The van der Waals surface area contributed by atoms with Crippen molar-refractivity contribution in [1.82, 2.24) is 20.0 Å². The summed E-state index contributed by atoms with van der Waals surface area (Å²) in [7, 11) is 5.60. The van der Waals surface area contributed by atoms with Crippen molar-refractivity contribution in [3.05, 3.63) is 75.7 Å². The maximum absolute atomic E-state index is 12.6. The Kier molecular flexibility index (Phi) is 5.14. The molecule has 0 unspecified atom stereocenters. The van der Waals surface area contributed by atoms with Gasteiger partial charge in [-0.15, -0.1) is 0 Å². The van der Waals surface area contributed by atoms with Crippen LogP contribution in [0.3, 0.4) is 0 Å². The quantitative estimate of drug-likeness (QED) is 0.763. The number of fused-ring (bicyclic) bond motifs is 1. The van der Waals surface area contributed by atoms with Crippen molar-refractivity contribution in [1.29, 1.82) is 0 Å². The lowest BCUT2D eigenvalue weighted by Crippen LogP contribution is -2.29. The number of benzene rings is 2. The number of nitrogens with one attached hydrogen (secondary N) is 1. The molecule has 0 aliphatic heterocycles. The van der Waals surface area contributed by atoms with Gasteiger partial charge >= 0.3 is 0 Å². The fraction of sp³-hybridized carbons (Fsp3) is 0.250. The summed E-state index contributed by atoms with van der Waals surface area (Å²) in [6, 6.07) is 15.2. The summed E-state index contributed by atoms with van der Waals surface area (Å²) in [5.74, 6) is -0.297. The fourth-order valence-electron chi connectivity index (χ4n) is 2.86. The highest BCUT2D eigenvalue weighted by Crippen LogP contribution is 2.13. The third-order valence-corrected chi connectivity index (χ3v) is 4.15. The van der Waals surface area contributed by atoms with E-state index in [1.165, 1.54) is 10.2 Å². The van der Waals surface area contributed by atoms with Gasteiger partial charge in [0, 0.05) is 25.5 Å². The second-order valence-electron chi connectivity index (χ2n) is 6.56. The zero-order chi connectivity index (χ0) is 18.7. The first-order valence-electron chi connectivity index (χ1n) is 8.42. The zero-order valence-electron chi connectivity index (χ0n) is 15.2. The minimum absolute atomic E-state index is 0.214. The van der Waals surface area contributed by atoms with Gasteiger partial charge in [-0.1, -0.05) is 42.5 Å². The third-order valence-electron chi connectivity index (χ3n) is 4.15. The highest BCUT2D eigenvalue weighted by molar-refractivity contribution is 6.04. The van der Waals surface area contributed by atoms with Crippen LogP contribution in [0, 0.1) is 0 Å². The van der Waals surface area contributed by atoms with Crippen LogP contribution in [0.15, 0.2) is 53.3 Å². The summed E-state index contributed by atoms with van der Waals surface area (Å²) in [6.45, 7) is 1.28. The third kappa shape index (κ3) is 3.81. The normalized spacial score (nSPS) is 11.1. The second-order valence-corrected chi connectivity index (χ2v) is 6.56. The Labute approximate surface area is 152 Å². The van der Waals surface area contributed by atoms with Gasteiger partial charge in [-0.05, 0) is 31.3 Å². The van der Waals surface area contributed by atoms with Crippen LogP contribution in [-0.2, 0) is 20.1 Å². The van der Waals surface area contributed by atoms with E-state index < -0.39 is 0 Å². The molecule has 0 atom stereocenters. The molecule has 1 heterocycles. The van der Waals surface area contributed by atoms with Crippen LogP contribution in [0.4, 0.5) is 0 Å². The van der Waals surface area contributed by atoms with Crippen LogP contribution in [0.25, 0.3) is 10.8 Å². The van der Waals surface area contributed by atoms with Crippen molar-refractivity contribution in [3.8, 4) is 0 Å². The van der Waals surface area contributed by atoms with E-state index in [0.29, 0.717) is 17.3 Å². The van der Waals surface area contributed by atoms with E-state index in [9.17, 15) is 9.59 Å². The minimum Gasteiger partial charge on any atom is -0.347 e. The minimum atomic E-state index is -0.297. The van der Waals surface area contributed by atoms with Gasteiger partial charge in [-0.25, -0.2) is 4.68 Å². The first-order valence-corrected chi connectivity index (χ1v) is 8.42. The Balaban J connectivity index is 1.78. The van der Waals surface area contributed by atoms with Gasteiger partial charge < -0.3 is 10.2 Å². The van der Waals surface area contributed by atoms with Crippen LogP contribution in [0.5, 0.6) is 0 Å². The molecule has 0 bridgehead atoms. The Hall–Kier alpha value is -2.99. The molecule has 6 nitrogen and oxygen atoms in total. The second kappa shape index (κ2) is 7.49.